The number of rotatable bonds is 8. The highest BCUT2D eigenvalue weighted by Crippen LogP contribution is 2.34. The van der Waals surface area contributed by atoms with Gasteiger partial charge in [-0.2, -0.15) is 5.10 Å². The molecule has 0 fully saturated rings. The zero-order valence-electron chi connectivity index (χ0n) is 20.3. The zero-order valence-corrected chi connectivity index (χ0v) is 20.3. The number of likely N-dealkylation sites (N-methyl/N-ethyl adjacent to an activating group) is 1. The normalized spacial score (nSPS) is 15.1. The van der Waals surface area contributed by atoms with Crippen LogP contribution in [-0.2, 0) is 4.79 Å². The topological polar surface area (TPSA) is 81.5 Å². The molecule has 0 saturated heterocycles. The number of nitrogens with zero attached hydrogens (tertiary/aromatic N) is 4. The second-order valence-corrected chi connectivity index (χ2v) is 9.07. The molecular formula is C26H33N5O3. The number of hydrogen-bond acceptors (Lipinski definition) is 6. The van der Waals surface area contributed by atoms with Gasteiger partial charge in [0.15, 0.2) is 11.5 Å². The van der Waals surface area contributed by atoms with Gasteiger partial charge in [0.05, 0.1) is 31.5 Å². The van der Waals surface area contributed by atoms with E-state index in [2.05, 4.69) is 48.3 Å². The van der Waals surface area contributed by atoms with Gasteiger partial charge >= 0.3 is 0 Å². The highest BCUT2D eigenvalue weighted by Gasteiger charge is 2.23. The summed E-state index contributed by atoms with van der Waals surface area (Å²) in [5.74, 6) is 1.72. The summed E-state index contributed by atoms with van der Waals surface area (Å²) in [7, 11) is 1.97. The minimum atomic E-state index is -0.115. The minimum Gasteiger partial charge on any atom is -0.490 e. The van der Waals surface area contributed by atoms with Crippen LogP contribution in [0.25, 0.3) is 5.69 Å². The highest BCUT2D eigenvalue weighted by molar-refractivity contribution is 5.78. The maximum Gasteiger partial charge on any atom is 0.234 e. The molecule has 4 rings (SSSR count). The first-order chi connectivity index (χ1) is 16.4. The Morgan fingerprint density at radius 3 is 2.44 bits per heavy atom. The summed E-state index contributed by atoms with van der Waals surface area (Å²) in [5, 5.41) is 7.38. The summed E-state index contributed by atoms with van der Waals surface area (Å²) >= 11 is 0. The molecule has 0 aliphatic carbocycles. The predicted octanol–water partition coefficient (Wildman–Crippen LogP) is 3.93. The second-order valence-electron chi connectivity index (χ2n) is 9.07. The van der Waals surface area contributed by atoms with Crippen molar-refractivity contribution in [2.75, 3.05) is 26.8 Å². The van der Waals surface area contributed by atoms with Gasteiger partial charge in [-0.05, 0) is 55.3 Å². The molecule has 2 unspecified atom stereocenters. The van der Waals surface area contributed by atoms with E-state index in [0.29, 0.717) is 19.8 Å². The molecule has 1 aliphatic heterocycles. The Labute approximate surface area is 200 Å². The van der Waals surface area contributed by atoms with Crippen LogP contribution >= 0.6 is 0 Å². The predicted molar refractivity (Wildman–Crippen MR) is 130 cm³/mol. The number of carbonyl (C=O) groups is 1. The van der Waals surface area contributed by atoms with Crippen molar-refractivity contribution in [3.63, 3.8) is 0 Å². The van der Waals surface area contributed by atoms with Crippen LogP contribution in [0, 0.1) is 5.92 Å². The molecule has 0 spiro atoms. The zero-order chi connectivity index (χ0) is 24.1. The fourth-order valence-electron chi connectivity index (χ4n) is 4.09. The van der Waals surface area contributed by atoms with Gasteiger partial charge in [-0.25, -0.2) is 9.67 Å². The van der Waals surface area contributed by atoms with Crippen molar-refractivity contribution in [3.8, 4) is 17.2 Å². The molecule has 1 N–H and O–H groups in total. The molecule has 0 bridgehead atoms. The van der Waals surface area contributed by atoms with Crippen LogP contribution in [0.2, 0.25) is 0 Å². The SMILES string of the molecule is CC(C)C(NC(=O)CN(C)C(C)c1ccc(-n2cncn2)cc1)c1ccc2c(c1)OCCCO2. The Morgan fingerprint density at radius 2 is 1.76 bits per heavy atom. The van der Waals surface area contributed by atoms with Crippen LogP contribution in [0.5, 0.6) is 11.5 Å². The molecule has 8 nitrogen and oxygen atoms in total. The molecule has 180 valence electrons. The van der Waals surface area contributed by atoms with Gasteiger partial charge < -0.3 is 14.8 Å². The molecule has 1 aliphatic rings. The smallest absolute Gasteiger partial charge is 0.234 e. The van der Waals surface area contributed by atoms with Crippen molar-refractivity contribution < 1.29 is 14.3 Å². The quantitative estimate of drug-likeness (QED) is 0.545. The van der Waals surface area contributed by atoms with Crippen LogP contribution in [0.3, 0.4) is 0 Å². The lowest BCUT2D eigenvalue weighted by molar-refractivity contribution is -0.123. The molecule has 2 aromatic carbocycles. The molecule has 1 amide bonds. The average molecular weight is 464 g/mol. The van der Waals surface area contributed by atoms with E-state index in [1.54, 1.807) is 11.0 Å². The fraction of sp³-hybridized carbons (Fsp3) is 0.423. The number of aromatic nitrogens is 3. The highest BCUT2D eigenvalue weighted by atomic mass is 16.5. The van der Waals surface area contributed by atoms with Crippen molar-refractivity contribution in [1.29, 1.82) is 0 Å². The third kappa shape index (κ3) is 5.56. The van der Waals surface area contributed by atoms with E-state index in [9.17, 15) is 4.79 Å². The van der Waals surface area contributed by atoms with E-state index in [0.717, 1.165) is 34.7 Å². The third-order valence-electron chi connectivity index (χ3n) is 6.23. The van der Waals surface area contributed by atoms with E-state index in [4.69, 9.17) is 9.47 Å². The summed E-state index contributed by atoms with van der Waals surface area (Å²) < 4.78 is 13.3. The van der Waals surface area contributed by atoms with Crippen LogP contribution in [0.15, 0.2) is 55.1 Å². The molecule has 2 atom stereocenters. The van der Waals surface area contributed by atoms with Crippen LogP contribution < -0.4 is 14.8 Å². The number of fused-ring (bicyclic) bond motifs is 1. The van der Waals surface area contributed by atoms with Gasteiger partial charge in [-0.3, -0.25) is 9.69 Å². The fourth-order valence-corrected chi connectivity index (χ4v) is 4.09. The van der Waals surface area contributed by atoms with Gasteiger partial charge in [0.25, 0.3) is 0 Å². The minimum absolute atomic E-state index is 0.0144. The lowest BCUT2D eigenvalue weighted by Gasteiger charge is -2.28. The van der Waals surface area contributed by atoms with Gasteiger partial charge in [-0.1, -0.05) is 32.0 Å². The maximum absolute atomic E-state index is 13.0. The summed E-state index contributed by atoms with van der Waals surface area (Å²) in [5.41, 5.74) is 3.10. The summed E-state index contributed by atoms with van der Waals surface area (Å²) in [6.07, 6.45) is 4.05. The number of nitrogens with one attached hydrogen (secondary N) is 1. The Morgan fingerprint density at radius 1 is 1.06 bits per heavy atom. The van der Waals surface area contributed by atoms with Crippen molar-refractivity contribution in [1.82, 2.24) is 25.0 Å². The average Bonchev–Trinajstić information content (AvgIpc) is 3.27. The molecule has 2 heterocycles. The Kier molecular flexibility index (Phi) is 7.47. The molecule has 0 saturated carbocycles. The molecule has 8 heteroatoms. The molecule has 1 aromatic heterocycles. The van der Waals surface area contributed by atoms with Crippen LogP contribution in [0.1, 0.15) is 50.4 Å². The van der Waals surface area contributed by atoms with E-state index in [1.165, 1.54) is 6.33 Å². The Hall–Kier alpha value is -3.39. The van der Waals surface area contributed by atoms with Crippen molar-refractivity contribution >= 4 is 5.91 Å². The van der Waals surface area contributed by atoms with Crippen molar-refractivity contribution in [2.24, 2.45) is 5.92 Å². The van der Waals surface area contributed by atoms with Crippen molar-refractivity contribution in [2.45, 2.75) is 39.3 Å². The summed E-state index contributed by atoms with van der Waals surface area (Å²) in [6.45, 7) is 7.90. The standard InChI is InChI=1S/C26H33N5O3/c1-18(2)26(21-8-11-23-24(14-21)34-13-5-12-33-23)29-25(32)15-30(4)19(3)20-6-9-22(10-7-20)31-17-27-16-28-31/h6-11,14,16-19,26H,5,12-13,15H2,1-4H3,(H,29,32). The van der Waals surface area contributed by atoms with Crippen molar-refractivity contribution in [3.05, 3.63) is 66.2 Å². The summed E-state index contributed by atoms with van der Waals surface area (Å²) in [6, 6.07) is 14.0. The first-order valence-corrected chi connectivity index (χ1v) is 11.8. The number of amides is 1. The first-order valence-electron chi connectivity index (χ1n) is 11.8. The lowest BCUT2D eigenvalue weighted by Crippen LogP contribution is -2.39. The molecule has 34 heavy (non-hydrogen) atoms. The monoisotopic (exact) mass is 463 g/mol. The largest absolute Gasteiger partial charge is 0.490 e. The lowest BCUT2D eigenvalue weighted by atomic mass is 9.95. The Bertz CT molecular complexity index is 1080. The third-order valence-corrected chi connectivity index (χ3v) is 6.23. The molecular weight excluding hydrogens is 430 g/mol. The number of hydrogen-bond donors (Lipinski definition) is 1. The van der Waals surface area contributed by atoms with Crippen LogP contribution in [0.4, 0.5) is 0 Å². The molecule has 3 aromatic rings. The Balaban J connectivity index is 1.39. The van der Waals surface area contributed by atoms with Gasteiger partial charge in [-0.15, -0.1) is 0 Å². The number of carbonyl (C=O) groups excluding carboxylic acids is 1. The van der Waals surface area contributed by atoms with Gasteiger partial charge in [0, 0.05) is 12.5 Å². The van der Waals surface area contributed by atoms with E-state index < -0.39 is 0 Å². The van der Waals surface area contributed by atoms with E-state index >= 15 is 0 Å². The molecule has 0 radical (unpaired) electrons. The first kappa shape index (κ1) is 23.8. The van der Waals surface area contributed by atoms with E-state index in [1.807, 2.05) is 42.3 Å². The second kappa shape index (κ2) is 10.7. The number of ether oxygens (including phenoxy) is 2. The number of benzene rings is 2. The van der Waals surface area contributed by atoms with Crippen LogP contribution in [-0.4, -0.2) is 52.4 Å². The maximum atomic E-state index is 13.0. The van der Waals surface area contributed by atoms with E-state index in [-0.39, 0.29) is 23.9 Å². The summed E-state index contributed by atoms with van der Waals surface area (Å²) in [4.78, 5) is 19.0. The van der Waals surface area contributed by atoms with Gasteiger partial charge in [0.2, 0.25) is 5.91 Å². The van der Waals surface area contributed by atoms with Gasteiger partial charge in [0.1, 0.15) is 12.7 Å².